The van der Waals surface area contributed by atoms with Crippen molar-refractivity contribution in [3.8, 4) is 0 Å². The molecule has 4 aliphatic heterocycles. The zero-order chi connectivity index (χ0) is 21.6. The highest BCUT2D eigenvalue weighted by Crippen LogP contribution is 2.42. The fourth-order valence-corrected chi connectivity index (χ4v) is 6.61. The van der Waals surface area contributed by atoms with Crippen LogP contribution in [0.3, 0.4) is 0 Å². The number of allylic oxidation sites excluding steroid dienone is 4. The number of ether oxygens (including phenoxy) is 3. The Morgan fingerprint density at radius 2 is 2.00 bits per heavy atom. The number of carbonyl (C=O) groups is 2. The van der Waals surface area contributed by atoms with E-state index in [1.165, 1.54) is 0 Å². The zero-order valence-corrected chi connectivity index (χ0v) is 18.7. The number of nitrogens with one attached hydrogen (secondary N) is 1. The van der Waals surface area contributed by atoms with E-state index in [2.05, 4.69) is 11.4 Å². The topological polar surface area (TPSA) is 77.1 Å². The van der Waals surface area contributed by atoms with Gasteiger partial charge in [0.05, 0.1) is 35.9 Å². The number of halogens is 1. The molecule has 6 aliphatic rings. The van der Waals surface area contributed by atoms with Crippen LogP contribution in [0.1, 0.15) is 45.4 Å². The molecule has 8 heteroatoms. The number of nitrogens with zero attached hydrogens (tertiary/aromatic N) is 1. The summed E-state index contributed by atoms with van der Waals surface area (Å²) in [5.41, 5.74) is -0.616. The molecule has 7 nitrogen and oxygen atoms in total. The summed E-state index contributed by atoms with van der Waals surface area (Å²) in [6.07, 6.45) is 9.79. The van der Waals surface area contributed by atoms with Gasteiger partial charge in [-0.3, -0.25) is 9.59 Å². The zero-order valence-electron chi connectivity index (χ0n) is 18.0. The van der Waals surface area contributed by atoms with E-state index in [4.69, 9.17) is 25.8 Å². The second kappa shape index (κ2) is 8.41. The molecule has 0 aromatic heterocycles. The normalized spacial score (nSPS) is 41.1. The van der Waals surface area contributed by atoms with Crippen LogP contribution in [-0.4, -0.2) is 66.9 Å². The Kier molecular flexibility index (Phi) is 5.78. The van der Waals surface area contributed by atoms with E-state index in [1.54, 1.807) is 0 Å². The van der Waals surface area contributed by atoms with Gasteiger partial charge >= 0.3 is 0 Å². The van der Waals surface area contributed by atoms with E-state index in [0.717, 1.165) is 37.9 Å². The molecule has 6 rings (SSSR count). The van der Waals surface area contributed by atoms with E-state index < -0.39 is 5.54 Å². The third-order valence-electron chi connectivity index (χ3n) is 7.73. The minimum Gasteiger partial charge on any atom is -0.486 e. The molecule has 31 heavy (non-hydrogen) atoms. The molecule has 0 aromatic carbocycles. The van der Waals surface area contributed by atoms with Crippen LogP contribution in [0.15, 0.2) is 22.9 Å². The monoisotopic (exact) mass is 450 g/mol. The third-order valence-corrected chi connectivity index (χ3v) is 8.04. The standard InChI is InChI=1S/C23H31ClN2O5/c1-14-9-23(13-29-11-20(27)25-23)19-10-30-16-7-5-15(6-8-16)17-3-2-4-18(24)22(17)31-12-21(28)26(14)19/h2,4,14-17,19H,3,5-13H2,1H3,(H,25,27)/t14-,15-,16+,17?,19+,23-/m1/s1. The van der Waals surface area contributed by atoms with Gasteiger partial charge in [0.15, 0.2) is 6.61 Å². The number of amides is 2. The van der Waals surface area contributed by atoms with Gasteiger partial charge in [-0.2, -0.15) is 0 Å². The Morgan fingerprint density at radius 1 is 1.19 bits per heavy atom. The van der Waals surface area contributed by atoms with Crippen LogP contribution in [0.25, 0.3) is 0 Å². The van der Waals surface area contributed by atoms with Crippen LogP contribution in [0, 0.1) is 11.8 Å². The molecule has 1 saturated carbocycles. The minimum atomic E-state index is -0.616. The van der Waals surface area contributed by atoms with Gasteiger partial charge in [0.25, 0.3) is 5.91 Å². The Balaban J connectivity index is 1.46. The second-order valence-electron chi connectivity index (χ2n) is 9.68. The summed E-state index contributed by atoms with van der Waals surface area (Å²) >= 11 is 6.52. The summed E-state index contributed by atoms with van der Waals surface area (Å²) in [5.74, 6) is 1.22. The van der Waals surface area contributed by atoms with Gasteiger partial charge in [0.1, 0.15) is 12.4 Å². The average Bonchev–Trinajstić information content (AvgIpc) is 3.01. The van der Waals surface area contributed by atoms with Gasteiger partial charge in [-0.1, -0.05) is 17.7 Å². The summed E-state index contributed by atoms with van der Waals surface area (Å²) in [5, 5.41) is 3.75. The van der Waals surface area contributed by atoms with Crippen LogP contribution in [0.5, 0.6) is 0 Å². The van der Waals surface area contributed by atoms with Crippen molar-refractivity contribution in [1.29, 1.82) is 0 Å². The molecule has 5 fully saturated rings. The summed E-state index contributed by atoms with van der Waals surface area (Å²) < 4.78 is 18.1. The smallest absolute Gasteiger partial charge is 0.261 e. The van der Waals surface area contributed by atoms with Crippen molar-refractivity contribution >= 4 is 23.4 Å². The fourth-order valence-electron chi connectivity index (χ4n) is 6.33. The highest BCUT2D eigenvalue weighted by atomic mass is 35.5. The van der Waals surface area contributed by atoms with Crippen molar-refractivity contribution in [1.82, 2.24) is 10.2 Å². The van der Waals surface area contributed by atoms with Crippen LogP contribution in [0.2, 0.25) is 0 Å². The number of carbonyl (C=O) groups excluding carboxylic acids is 2. The first-order chi connectivity index (χ1) is 15.0. The Morgan fingerprint density at radius 3 is 2.77 bits per heavy atom. The van der Waals surface area contributed by atoms with Crippen LogP contribution in [-0.2, 0) is 23.8 Å². The van der Waals surface area contributed by atoms with Crippen molar-refractivity contribution in [3.63, 3.8) is 0 Å². The van der Waals surface area contributed by atoms with Gasteiger partial charge in [0.2, 0.25) is 5.91 Å². The maximum atomic E-state index is 13.4. The molecule has 4 atom stereocenters. The van der Waals surface area contributed by atoms with E-state index >= 15 is 0 Å². The molecule has 4 heterocycles. The lowest BCUT2D eigenvalue weighted by Gasteiger charge is -2.41. The van der Waals surface area contributed by atoms with Gasteiger partial charge in [-0.05, 0) is 57.4 Å². The lowest BCUT2D eigenvalue weighted by Crippen LogP contribution is -2.65. The molecule has 2 bridgehead atoms. The summed E-state index contributed by atoms with van der Waals surface area (Å²) in [6, 6.07) is -0.340. The predicted octanol–water partition coefficient (Wildman–Crippen LogP) is 2.49. The quantitative estimate of drug-likeness (QED) is 0.613. The third kappa shape index (κ3) is 3.89. The highest BCUT2D eigenvalue weighted by molar-refractivity contribution is 6.31. The van der Waals surface area contributed by atoms with Crippen molar-refractivity contribution in [3.05, 3.63) is 22.9 Å². The van der Waals surface area contributed by atoms with Gasteiger partial charge in [-0.15, -0.1) is 0 Å². The maximum Gasteiger partial charge on any atom is 0.261 e. The summed E-state index contributed by atoms with van der Waals surface area (Å²) in [6.45, 7) is 2.80. The second-order valence-corrected chi connectivity index (χ2v) is 10.1. The number of hydrogen-bond acceptors (Lipinski definition) is 5. The van der Waals surface area contributed by atoms with Gasteiger partial charge in [-0.25, -0.2) is 0 Å². The fraction of sp³-hybridized carbons (Fsp3) is 0.739. The number of rotatable bonds is 0. The molecular formula is C23H31ClN2O5. The van der Waals surface area contributed by atoms with Crippen molar-refractivity contribution in [2.45, 2.75) is 69.2 Å². The van der Waals surface area contributed by atoms with E-state index in [0.29, 0.717) is 30.6 Å². The largest absolute Gasteiger partial charge is 0.486 e. The lowest BCUT2D eigenvalue weighted by molar-refractivity contribution is -0.145. The van der Waals surface area contributed by atoms with Gasteiger partial charge < -0.3 is 24.4 Å². The molecule has 0 aromatic rings. The molecule has 4 saturated heterocycles. The summed E-state index contributed by atoms with van der Waals surface area (Å²) in [7, 11) is 0. The lowest BCUT2D eigenvalue weighted by atomic mass is 9.75. The molecule has 1 unspecified atom stereocenters. The van der Waals surface area contributed by atoms with Gasteiger partial charge in [0, 0.05) is 12.0 Å². The molecule has 170 valence electrons. The molecule has 0 radical (unpaired) electrons. The average molecular weight is 451 g/mol. The number of hydrogen-bond donors (Lipinski definition) is 1. The van der Waals surface area contributed by atoms with E-state index in [-0.39, 0.29) is 49.1 Å². The minimum absolute atomic E-state index is 0.0559. The Hall–Kier alpha value is -1.57. The molecule has 2 amide bonds. The van der Waals surface area contributed by atoms with Crippen molar-refractivity contribution < 1.29 is 23.8 Å². The predicted molar refractivity (Wildman–Crippen MR) is 114 cm³/mol. The van der Waals surface area contributed by atoms with Crippen LogP contribution < -0.4 is 5.32 Å². The first-order valence-electron chi connectivity index (χ1n) is 11.5. The summed E-state index contributed by atoms with van der Waals surface area (Å²) in [4.78, 5) is 27.4. The molecular weight excluding hydrogens is 420 g/mol. The van der Waals surface area contributed by atoms with Crippen molar-refractivity contribution in [2.24, 2.45) is 11.8 Å². The SMILES string of the molecule is C[C@@H]1C[C@@]2(COCC(=O)N2)[C@@H]2CO[C@H]3CC[C@H](CC3)C3CC=CC(Cl)=C3OCC(=O)N12. The Labute approximate surface area is 188 Å². The molecule has 2 aliphatic carbocycles. The first kappa shape index (κ1) is 21.3. The Bertz CT molecular complexity index is 806. The maximum absolute atomic E-state index is 13.4. The van der Waals surface area contributed by atoms with Crippen LogP contribution >= 0.6 is 11.6 Å². The molecule has 1 spiro atoms. The first-order valence-corrected chi connectivity index (χ1v) is 11.8. The van der Waals surface area contributed by atoms with E-state index in [1.807, 2.05) is 17.9 Å². The molecule has 1 N–H and O–H groups in total. The highest BCUT2D eigenvalue weighted by Gasteiger charge is 2.55. The number of morpholine rings is 1. The van der Waals surface area contributed by atoms with Crippen LogP contribution in [0.4, 0.5) is 0 Å². The van der Waals surface area contributed by atoms with Crippen molar-refractivity contribution in [2.75, 3.05) is 26.4 Å². The van der Waals surface area contributed by atoms with E-state index in [9.17, 15) is 9.59 Å². The number of fused-ring (bicyclic) bond motifs is 5.